The largest absolute Gasteiger partial charge is 0.435 e. The van der Waals surface area contributed by atoms with E-state index in [0.717, 1.165) is 0 Å². The smallest absolute Gasteiger partial charge is 0.387 e. The first-order chi connectivity index (χ1) is 15.0. The molecule has 2 aromatic carbocycles. The van der Waals surface area contributed by atoms with Gasteiger partial charge in [0.2, 0.25) is 20.0 Å². The second kappa shape index (κ2) is 8.53. The molecular formula is C20H21ClF2N2O5S2. The van der Waals surface area contributed by atoms with Crippen LogP contribution in [0.3, 0.4) is 0 Å². The average Bonchev–Trinajstić information content (AvgIpc) is 2.72. The summed E-state index contributed by atoms with van der Waals surface area (Å²) < 4.78 is 82.9. The predicted molar refractivity (Wildman–Crippen MR) is 114 cm³/mol. The number of piperidine rings is 1. The van der Waals surface area contributed by atoms with E-state index in [9.17, 15) is 25.6 Å². The van der Waals surface area contributed by atoms with Gasteiger partial charge in [0, 0.05) is 36.6 Å². The van der Waals surface area contributed by atoms with Crippen molar-refractivity contribution in [2.24, 2.45) is 5.41 Å². The molecule has 12 heteroatoms. The van der Waals surface area contributed by atoms with Crippen LogP contribution in [0.5, 0.6) is 5.75 Å². The molecule has 0 aliphatic carbocycles. The lowest BCUT2D eigenvalue weighted by Crippen LogP contribution is -2.62. The van der Waals surface area contributed by atoms with E-state index in [2.05, 4.69) is 4.74 Å². The Balaban J connectivity index is 1.38. The lowest BCUT2D eigenvalue weighted by Gasteiger charge is -2.52. The summed E-state index contributed by atoms with van der Waals surface area (Å²) in [5, 5.41) is 0.452. The van der Waals surface area contributed by atoms with E-state index in [1.807, 2.05) is 0 Å². The molecular weight excluding hydrogens is 486 g/mol. The van der Waals surface area contributed by atoms with Crippen LogP contribution in [-0.4, -0.2) is 58.2 Å². The summed E-state index contributed by atoms with van der Waals surface area (Å²) in [6.45, 7) is -1.79. The third kappa shape index (κ3) is 4.49. The molecule has 0 radical (unpaired) electrons. The van der Waals surface area contributed by atoms with Gasteiger partial charge in [0.15, 0.2) is 0 Å². The highest BCUT2D eigenvalue weighted by Gasteiger charge is 2.50. The highest BCUT2D eigenvalue weighted by molar-refractivity contribution is 7.89. The van der Waals surface area contributed by atoms with E-state index in [0.29, 0.717) is 44.0 Å². The van der Waals surface area contributed by atoms with E-state index in [1.165, 1.54) is 57.1 Å². The number of benzene rings is 2. The van der Waals surface area contributed by atoms with Crippen molar-refractivity contribution >= 4 is 31.6 Å². The Hall–Kier alpha value is -1.79. The zero-order valence-electron chi connectivity index (χ0n) is 16.8. The van der Waals surface area contributed by atoms with Crippen molar-refractivity contribution in [1.29, 1.82) is 0 Å². The zero-order valence-corrected chi connectivity index (χ0v) is 19.2. The molecule has 0 aromatic heterocycles. The molecule has 174 valence electrons. The van der Waals surface area contributed by atoms with Crippen LogP contribution >= 0.6 is 11.6 Å². The minimum absolute atomic E-state index is 0.00304. The van der Waals surface area contributed by atoms with Gasteiger partial charge < -0.3 is 4.74 Å². The SMILES string of the molecule is O=S(=O)(c1ccc(Cl)cc1)N1CCC2(CC1)CN(S(=O)(=O)c1ccc(OC(F)F)cc1)C2. The molecule has 0 N–H and O–H groups in total. The van der Waals surface area contributed by atoms with Gasteiger partial charge in [0.1, 0.15) is 5.75 Å². The summed E-state index contributed by atoms with van der Waals surface area (Å²) in [4.78, 5) is 0.173. The molecule has 0 amide bonds. The van der Waals surface area contributed by atoms with Crippen LogP contribution in [0.2, 0.25) is 5.02 Å². The summed E-state index contributed by atoms with van der Waals surface area (Å²) in [7, 11) is -7.40. The summed E-state index contributed by atoms with van der Waals surface area (Å²) in [5.74, 6) is -0.117. The Labute approximate surface area is 190 Å². The van der Waals surface area contributed by atoms with Crippen LogP contribution in [0.15, 0.2) is 58.3 Å². The molecule has 2 heterocycles. The molecule has 1 spiro atoms. The van der Waals surface area contributed by atoms with Crippen molar-refractivity contribution in [3.05, 3.63) is 53.6 Å². The molecule has 0 atom stereocenters. The van der Waals surface area contributed by atoms with Gasteiger partial charge in [-0.2, -0.15) is 17.4 Å². The maximum absolute atomic E-state index is 12.8. The number of nitrogens with zero attached hydrogens (tertiary/aromatic N) is 2. The van der Waals surface area contributed by atoms with E-state index in [4.69, 9.17) is 11.6 Å². The van der Waals surface area contributed by atoms with Gasteiger partial charge in [-0.15, -0.1) is 0 Å². The number of hydrogen-bond acceptors (Lipinski definition) is 5. The topological polar surface area (TPSA) is 84.0 Å². The zero-order chi connectivity index (χ0) is 23.1. The molecule has 0 bridgehead atoms. The minimum atomic E-state index is -3.77. The molecule has 32 heavy (non-hydrogen) atoms. The van der Waals surface area contributed by atoms with E-state index < -0.39 is 26.7 Å². The fourth-order valence-corrected chi connectivity index (χ4v) is 7.32. The maximum atomic E-state index is 12.8. The number of ether oxygens (including phenoxy) is 1. The van der Waals surface area contributed by atoms with E-state index in [-0.39, 0.29) is 21.0 Å². The molecule has 0 saturated carbocycles. The van der Waals surface area contributed by atoms with Crippen molar-refractivity contribution < 1.29 is 30.4 Å². The molecule has 4 rings (SSSR count). The number of hydrogen-bond donors (Lipinski definition) is 0. The standard InChI is InChI=1S/C20H21ClF2N2O5S2/c21-15-1-5-17(6-2-15)31(26,27)24-11-9-20(10-12-24)13-25(14-20)32(28,29)18-7-3-16(4-8-18)30-19(22)23/h1-8,19H,9-14H2. The third-order valence-corrected chi connectivity index (χ3v) is 9.92. The lowest BCUT2D eigenvalue weighted by molar-refractivity contribution is -0.0498. The number of sulfonamides is 2. The van der Waals surface area contributed by atoms with Crippen molar-refractivity contribution in [3.63, 3.8) is 0 Å². The predicted octanol–water partition coefficient (Wildman–Crippen LogP) is 3.42. The van der Waals surface area contributed by atoms with Crippen molar-refractivity contribution in [3.8, 4) is 5.75 Å². The normalized spacial score (nSPS) is 19.8. The first-order valence-corrected chi connectivity index (χ1v) is 13.1. The molecule has 2 aromatic rings. The maximum Gasteiger partial charge on any atom is 0.387 e. The van der Waals surface area contributed by atoms with Gasteiger partial charge in [-0.25, -0.2) is 16.8 Å². The van der Waals surface area contributed by atoms with Crippen molar-refractivity contribution in [2.45, 2.75) is 29.2 Å². The molecule has 7 nitrogen and oxygen atoms in total. The van der Waals surface area contributed by atoms with Crippen molar-refractivity contribution in [1.82, 2.24) is 8.61 Å². The quantitative estimate of drug-likeness (QED) is 0.599. The Morgan fingerprint density at radius 2 is 1.28 bits per heavy atom. The summed E-state index contributed by atoms with van der Waals surface area (Å²) >= 11 is 5.84. The molecule has 2 saturated heterocycles. The molecule has 2 aliphatic heterocycles. The van der Waals surface area contributed by atoms with Gasteiger partial charge in [-0.05, 0) is 61.4 Å². The van der Waals surface area contributed by atoms with Gasteiger partial charge in [0.25, 0.3) is 0 Å². The summed E-state index contributed by atoms with van der Waals surface area (Å²) in [6, 6.07) is 10.8. The Bertz CT molecular complexity index is 1170. The Morgan fingerprint density at radius 3 is 1.78 bits per heavy atom. The van der Waals surface area contributed by atoms with E-state index in [1.54, 1.807) is 0 Å². The average molecular weight is 507 g/mol. The van der Waals surface area contributed by atoms with Crippen LogP contribution in [0.25, 0.3) is 0 Å². The number of rotatable bonds is 6. The number of halogens is 3. The molecule has 0 unspecified atom stereocenters. The fraction of sp³-hybridized carbons (Fsp3) is 0.400. The van der Waals surface area contributed by atoms with Crippen LogP contribution in [0, 0.1) is 5.41 Å². The van der Waals surface area contributed by atoms with Gasteiger partial charge in [-0.3, -0.25) is 0 Å². The van der Waals surface area contributed by atoms with Crippen molar-refractivity contribution in [2.75, 3.05) is 26.2 Å². The van der Waals surface area contributed by atoms with Crippen LogP contribution in [0.1, 0.15) is 12.8 Å². The fourth-order valence-electron chi connectivity index (χ4n) is 4.09. The highest BCUT2D eigenvalue weighted by atomic mass is 35.5. The number of alkyl halides is 2. The minimum Gasteiger partial charge on any atom is -0.435 e. The summed E-state index contributed by atoms with van der Waals surface area (Å²) in [5.41, 5.74) is -0.266. The van der Waals surface area contributed by atoms with Crippen LogP contribution in [0.4, 0.5) is 8.78 Å². The monoisotopic (exact) mass is 506 g/mol. The second-order valence-corrected chi connectivity index (χ2v) is 12.3. The van der Waals surface area contributed by atoms with E-state index >= 15 is 0 Å². The van der Waals surface area contributed by atoms with Gasteiger partial charge >= 0.3 is 6.61 Å². The first kappa shape index (κ1) is 23.4. The van der Waals surface area contributed by atoms with Gasteiger partial charge in [0.05, 0.1) is 9.79 Å². The van der Waals surface area contributed by atoms with Crippen LogP contribution in [-0.2, 0) is 20.0 Å². The highest BCUT2D eigenvalue weighted by Crippen LogP contribution is 2.44. The molecule has 2 fully saturated rings. The lowest BCUT2D eigenvalue weighted by atomic mass is 9.74. The Morgan fingerprint density at radius 1 is 0.812 bits per heavy atom. The summed E-state index contributed by atoms with van der Waals surface area (Å²) in [6.07, 6.45) is 1.10. The second-order valence-electron chi connectivity index (χ2n) is 7.98. The van der Waals surface area contributed by atoms with Crippen LogP contribution < -0.4 is 4.74 Å². The first-order valence-electron chi connectivity index (χ1n) is 9.83. The van der Waals surface area contributed by atoms with Gasteiger partial charge in [-0.1, -0.05) is 11.6 Å². The Kier molecular flexibility index (Phi) is 6.23. The third-order valence-electron chi connectivity index (χ3n) is 5.94. The molecule has 2 aliphatic rings.